The number of hydrogen-bond acceptors (Lipinski definition) is 12. The fourth-order valence-electron chi connectivity index (χ4n) is 4.76. The maximum atomic E-state index is 12.8. The minimum Gasteiger partial charge on any atom is -0.652 e. The predicted molar refractivity (Wildman–Crippen MR) is 165 cm³/mol. The molecule has 19 heteroatoms. The fraction of sp³-hybridized carbons (Fsp3) is 0.406. The Labute approximate surface area is 376 Å². The van der Waals surface area contributed by atoms with E-state index in [0.29, 0.717) is 34.5 Å². The number of hydrogen-bond donors (Lipinski definition) is 3. The molecule has 14 nitrogen and oxygen atoms in total. The number of aliphatic hydroxyl groups excluding tert-OH is 1. The van der Waals surface area contributed by atoms with E-state index in [1.807, 2.05) is 6.92 Å². The summed E-state index contributed by atoms with van der Waals surface area (Å²) >= 11 is 0. The molecule has 2 aromatic heterocycles. The Balaban J connectivity index is 0.000000504. The van der Waals surface area contributed by atoms with E-state index in [9.17, 15) is 32.7 Å². The van der Waals surface area contributed by atoms with Gasteiger partial charge in [-0.25, -0.2) is 19.7 Å². The van der Waals surface area contributed by atoms with Crippen molar-refractivity contribution in [2.24, 2.45) is 5.92 Å². The van der Waals surface area contributed by atoms with Gasteiger partial charge in [0.25, 0.3) is 5.91 Å². The second kappa shape index (κ2) is 20.3. The molecule has 51 heavy (non-hydrogen) atoms. The number of fused-ring (bicyclic) bond motifs is 1. The number of piperidine rings is 1. The molecule has 0 saturated carbocycles. The summed E-state index contributed by atoms with van der Waals surface area (Å²) in [4.78, 5) is 57.8. The van der Waals surface area contributed by atoms with Crippen LogP contribution in [0.4, 0.5) is 28.6 Å². The van der Waals surface area contributed by atoms with Gasteiger partial charge >= 0.3 is 115 Å². The number of aromatic nitrogens is 3. The Morgan fingerprint density at radius 2 is 1.59 bits per heavy atom. The molecule has 3 amide bonds. The molecular formula is C32H35F3K2N6O8. The van der Waals surface area contributed by atoms with Crippen molar-refractivity contribution < 1.29 is 155 Å². The normalized spacial score (nSPS) is 17.3. The molecule has 0 unspecified atom stereocenters. The number of nitrogens with zero attached hydrogens (tertiary/aromatic N) is 4. The number of aliphatic hydroxyl groups is 1. The van der Waals surface area contributed by atoms with Crippen LogP contribution < -0.4 is 124 Å². The number of imide groups is 1. The second-order valence-corrected chi connectivity index (χ2v) is 12.0. The molecule has 0 radical (unpaired) electrons. The van der Waals surface area contributed by atoms with Crippen molar-refractivity contribution in [3.05, 3.63) is 59.8 Å². The van der Waals surface area contributed by atoms with Crippen molar-refractivity contribution in [1.29, 1.82) is 0 Å². The zero-order valence-corrected chi connectivity index (χ0v) is 35.5. The smallest absolute Gasteiger partial charge is 0.652 e. The third-order valence-electron chi connectivity index (χ3n) is 7.30. The Morgan fingerprint density at radius 1 is 1.02 bits per heavy atom. The Kier molecular flexibility index (Phi) is 18.6. The van der Waals surface area contributed by atoms with Crippen LogP contribution in [0.1, 0.15) is 53.0 Å². The molecule has 4 heterocycles. The first-order chi connectivity index (χ1) is 22.8. The van der Waals surface area contributed by atoms with Crippen LogP contribution in [0.3, 0.4) is 0 Å². The molecule has 2 atom stereocenters. The molecule has 0 spiro atoms. The third-order valence-corrected chi connectivity index (χ3v) is 7.30. The molecule has 1 saturated heterocycles. The average molecular weight is 767 g/mol. The van der Waals surface area contributed by atoms with Crippen LogP contribution >= 0.6 is 0 Å². The van der Waals surface area contributed by atoms with Crippen LogP contribution in [-0.2, 0) is 20.5 Å². The standard InChI is InChI=1S/C20H18F3N5O.C11H17NO4.CH2O3.2K/c1-11-15(6-7-26-19(11)29)28-18-17-16(24-8-9-25-17)14(10-27-18)12-2-4-13(5-3-12)20(21,22)23;1-7-8(13)5-6-12(9(7)14)10(15)16-11(2,3)4;2-1(3)4;;/h2-5,8-11,15H,6-7H2,1H3,(H,26,29)(H,27,28);13H,5-6H2,1-4H3;(H2,2,3,4);;/q;;;2*+1/p-2/t11-,15-;;;;/m0..../s1. The van der Waals surface area contributed by atoms with Crippen LogP contribution in [-0.4, -0.2) is 73.8 Å². The molecule has 0 aliphatic carbocycles. The summed E-state index contributed by atoms with van der Waals surface area (Å²) in [7, 11) is 0. The van der Waals surface area contributed by atoms with Gasteiger partial charge in [0.1, 0.15) is 22.4 Å². The van der Waals surface area contributed by atoms with E-state index in [0.717, 1.165) is 23.5 Å². The molecule has 2 aliphatic rings. The summed E-state index contributed by atoms with van der Waals surface area (Å²) < 4.78 is 43.6. The number of alkyl halides is 3. The van der Waals surface area contributed by atoms with Crippen molar-refractivity contribution in [2.45, 2.75) is 65.3 Å². The van der Waals surface area contributed by atoms with Crippen LogP contribution in [0.5, 0.6) is 0 Å². The topological polar surface area (TPSA) is 210 Å². The predicted octanol–water partition coefficient (Wildman–Crippen LogP) is -2.81. The Morgan fingerprint density at radius 3 is 2.14 bits per heavy atom. The van der Waals surface area contributed by atoms with Gasteiger partial charge in [0, 0.05) is 49.7 Å². The van der Waals surface area contributed by atoms with Gasteiger partial charge in [0.05, 0.1) is 17.1 Å². The molecule has 5 rings (SSSR count). The van der Waals surface area contributed by atoms with Crippen molar-refractivity contribution in [3.63, 3.8) is 0 Å². The summed E-state index contributed by atoms with van der Waals surface area (Å²) in [5, 5.41) is 32.1. The van der Waals surface area contributed by atoms with Gasteiger partial charge in [0.2, 0.25) is 5.91 Å². The van der Waals surface area contributed by atoms with Crippen molar-refractivity contribution in [3.8, 4) is 11.1 Å². The molecule has 2 aliphatic heterocycles. The van der Waals surface area contributed by atoms with Crippen molar-refractivity contribution >= 4 is 40.9 Å². The number of halogens is 3. The van der Waals surface area contributed by atoms with Crippen LogP contribution in [0, 0.1) is 5.92 Å². The maximum absolute atomic E-state index is 12.8. The van der Waals surface area contributed by atoms with Gasteiger partial charge in [-0.15, -0.1) is 0 Å². The zero-order valence-electron chi connectivity index (χ0n) is 29.3. The Bertz CT molecular complexity index is 1730. The number of nitrogens with one attached hydrogen (secondary N) is 2. The first kappa shape index (κ1) is 46.8. The van der Waals surface area contributed by atoms with Gasteiger partial charge in [-0.3, -0.25) is 14.6 Å². The summed E-state index contributed by atoms with van der Waals surface area (Å²) in [5.74, 6) is -0.199. The summed E-state index contributed by atoms with van der Waals surface area (Å²) in [5.41, 5.74) is 1.04. The van der Waals surface area contributed by atoms with Crippen LogP contribution in [0.2, 0.25) is 0 Å². The first-order valence-corrected chi connectivity index (χ1v) is 14.9. The van der Waals surface area contributed by atoms with E-state index >= 15 is 0 Å². The Hall–Kier alpha value is -2.21. The quantitative estimate of drug-likeness (QED) is 0.231. The van der Waals surface area contributed by atoms with Gasteiger partial charge in [-0.05, 0) is 58.0 Å². The summed E-state index contributed by atoms with van der Waals surface area (Å²) in [6.45, 7) is 9.29. The minimum absolute atomic E-state index is 0. The minimum atomic E-state index is -4.39. The number of anilines is 1. The average Bonchev–Trinajstić information content (AvgIpc) is 3.01. The van der Waals surface area contributed by atoms with Crippen LogP contribution in [0.15, 0.2) is 54.2 Å². The molecule has 0 bridgehead atoms. The molecule has 3 N–H and O–H groups in total. The number of carboxylic acid groups (broad SMARTS) is 2. The third kappa shape index (κ3) is 13.6. The SMILES string of the molecule is CC1=C(O)CCN(C(=O)OC(C)(C)C)C1=O.C[C@@H]1C(=O)NCC[C@@H]1Nc1ncc(-c2ccc(C(F)(F)F)cc2)c2nccnc12.O=C([O-])[O-].[K+].[K+]. The number of pyridine rings is 1. The fourth-order valence-corrected chi connectivity index (χ4v) is 4.76. The van der Waals surface area contributed by atoms with E-state index in [4.69, 9.17) is 19.7 Å². The molecule has 3 aromatic rings. The van der Waals surface area contributed by atoms with E-state index in [2.05, 4.69) is 25.6 Å². The zero-order chi connectivity index (χ0) is 36.7. The largest absolute Gasteiger partial charge is 1.00 e. The number of carbonyl (C=O) groups is 4. The maximum Gasteiger partial charge on any atom is 1.00 e. The van der Waals surface area contributed by atoms with Gasteiger partial charge in [0.15, 0.2) is 5.82 Å². The number of ether oxygens (including phenoxy) is 1. The van der Waals surface area contributed by atoms with E-state index in [-0.39, 0.29) is 145 Å². The first-order valence-electron chi connectivity index (χ1n) is 14.9. The number of carbonyl (C=O) groups excluding carboxylic acids is 4. The molecule has 1 fully saturated rings. The van der Waals surface area contributed by atoms with E-state index in [1.165, 1.54) is 31.5 Å². The summed E-state index contributed by atoms with van der Waals surface area (Å²) in [6, 6.07) is 4.76. The van der Waals surface area contributed by atoms with Crippen LogP contribution in [0.25, 0.3) is 22.2 Å². The molecule has 264 valence electrons. The second-order valence-electron chi connectivity index (χ2n) is 12.0. The van der Waals surface area contributed by atoms with Gasteiger partial charge in [-0.1, -0.05) is 19.1 Å². The summed E-state index contributed by atoms with van der Waals surface area (Å²) in [6.07, 6.45) is -1.73. The number of benzene rings is 1. The number of rotatable bonds is 3. The number of amides is 3. The van der Waals surface area contributed by atoms with Crippen molar-refractivity contribution in [2.75, 3.05) is 18.4 Å². The van der Waals surface area contributed by atoms with Crippen molar-refractivity contribution in [1.82, 2.24) is 25.2 Å². The van der Waals surface area contributed by atoms with E-state index < -0.39 is 35.5 Å². The monoisotopic (exact) mass is 766 g/mol. The van der Waals surface area contributed by atoms with Gasteiger partial charge < -0.3 is 35.5 Å². The molecular weight excluding hydrogens is 732 g/mol. The van der Waals surface area contributed by atoms with Gasteiger partial charge in [-0.2, -0.15) is 13.2 Å². The van der Waals surface area contributed by atoms with E-state index in [1.54, 1.807) is 27.0 Å². The molecule has 1 aromatic carbocycles.